The summed E-state index contributed by atoms with van der Waals surface area (Å²) in [6.45, 7) is 14.2. The van der Waals surface area contributed by atoms with Crippen molar-refractivity contribution < 1.29 is 9.21 Å². The topological polar surface area (TPSA) is 101 Å². The molecule has 172 valence electrons. The van der Waals surface area contributed by atoms with Crippen LogP contribution in [0.25, 0.3) is 11.0 Å². The van der Waals surface area contributed by atoms with E-state index in [1.165, 1.54) is 4.57 Å². The van der Waals surface area contributed by atoms with Crippen LogP contribution in [0.5, 0.6) is 0 Å². The minimum atomic E-state index is -0.603. The van der Waals surface area contributed by atoms with Crippen molar-refractivity contribution in [3.8, 4) is 0 Å². The first-order valence-corrected chi connectivity index (χ1v) is 11.0. The summed E-state index contributed by atoms with van der Waals surface area (Å²) in [6.07, 6.45) is 0. The van der Waals surface area contributed by atoms with Gasteiger partial charge in [-0.3, -0.25) is 19.1 Å². The molecule has 0 unspecified atom stereocenters. The summed E-state index contributed by atoms with van der Waals surface area (Å²) in [4.78, 5) is 47.9. The molecule has 1 N–H and O–H groups in total. The number of pyridine rings is 1. The predicted octanol–water partition coefficient (Wildman–Crippen LogP) is 3.82. The number of nitrogens with one attached hydrogen (secondary N) is 1. The highest BCUT2D eigenvalue weighted by Gasteiger charge is 2.26. The second-order valence-corrected chi connectivity index (χ2v) is 9.25. The number of hydrogen-bond donors (Lipinski definition) is 1. The lowest BCUT2D eigenvalue weighted by Gasteiger charge is -2.27. The molecule has 3 aromatic heterocycles. The fourth-order valence-electron chi connectivity index (χ4n) is 3.67. The number of aromatic amines is 1. The van der Waals surface area contributed by atoms with Gasteiger partial charge in [-0.2, -0.15) is 0 Å². The van der Waals surface area contributed by atoms with Gasteiger partial charge in [-0.1, -0.05) is 27.7 Å². The Morgan fingerprint density at radius 2 is 1.84 bits per heavy atom. The molecule has 0 atom stereocenters. The van der Waals surface area contributed by atoms with Crippen LogP contribution in [-0.4, -0.2) is 31.4 Å². The summed E-state index contributed by atoms with van der Waals surface area (Å²) >= 11 is 0. The molecule has 0 aliphatic rings. The Labute approximate surface area is 187 Å². The molecule has 8 nitrogen and oxygen atoms in total. The average Bonchev–Trinajstić information content (AvgIpc) is 3.12. The lowest BCUT2D eigenvalue weighted by Crippen LogP contribution is -2.38. The third-order valence-electron chi connectivity index (χ3n) is 5.34. The highest BCUT2D eigenvalue weighted by molar-refractivity contribution is 6.05. The maximum atomic E-state index is 13.8. The van der Waals surface area contributed by atoms with Crippen LogP contribution in [-0.2, 0) is 13.1 Å². The van der Waals surface area contributed by atoms with Crippen molar-refractivity contribution in [3.05, 3.63) is 61.8 Å². The zero-order valence-corrected chi connectivity index (χ0v) is 19.9. The maximum Gasteiger partial charge on any atom is 0.330 e. The van der Waals surface area contributed by atoms with Gasteiger partial charge >= 0.3 is 5.69 Å². The Morgan fingerprint density at radius 1 is 1.16 bits per heavy atom. The summed E-state index contributed by atoms with van der Waals surface area (Å²) < 4.78 is 7.14. The number of carbonyl (C=O) groups is 1. The second-order valence-electron chi connectivity index (χ2n) is 9.25. The number of aromatic nitrogens is 3. The van der Waals surface area contributed by atoms with Crippen molar-refractivity contribution in [2.75, 3.05) is 0 Å². The van der Waals surface area contributed by atoms with Crippen LogP contribution < -0.4 is 11.2 Å². The van der Waals surface area contributed by atoms with Crippen LogP contribution in [0.3, 0.4) is 0 Å². The molecule has 0 fully saturated rings. The number of furan rings is 1. The second kappa shape index (κ2) is 9.14. The predicted molar refractivity (Wildman–Crippen MR) is 124 cm³/mol. The van der Waals surface area contributed by atoms with E-state index in [9.17, 15) is 14.4 Å². The van der Waals surface area contributed by atoms with E-state index in [1.54, 1.807) is 11.0 Å². The van der Waals surface area contributed by atoms with Crippen molar-refractivity contribution in [2.45, 2.75) is 73.5 Å². The number of nitrogens with zero attached hydrogens (tertiary/aromatic N) is 3. The standard InChI is InChI=1S/C24H32N4O4/c1-13(2)11-28-21-20(22(29)26-24(28)31)18(10-19(25-21)14(3)4)23(30)27(15(5)6)12-17-9-8-16(7)32-17/h8-10,13-15H,11-12H2,1-7H3,(H,26,29,31). The van der Waals surface area contributed by atoms with Crippen molar-refractivity contribution in [1.29, 1.82) is 0 Å². The Bertz CT molecular complexity index is 1250. The molecule has 0 aliphatic carbocycles. The smallest absolute Gasteiger partial charge is 0.330 e. The normalized spacial score (nSPS) is 11.8. The summed E-state index contributed by atoms with van der Waals surface area (Å²) in [5.74, 6) is 1.29. The molecule has 0 saturated carbocycles. The fraction of sp³-hybridized carbons (Fsp3) is 0.500. The Morgan fingerprint density at radius 3 is 2.38 bits per heavy atom. The van der Waals surface area contributed by atoms with Crippen molar-refractivity contribution in [1.82, 2.24) is 19.4 Å². The van der Waals surface area contributed by atoms with Crippen LogP contribution in [0.2, 0.25) is 0 Å². The van der Waals surface area contributed by atoms with E-state index in [0.29, 0.717) is 18.0 Å². The van der Waals surface area contributed by atoms with E-state index in [4.69, 9.17) is 4.42 Å². The van der Waals surface area contributed by atoms with Crippen LogP contribution >= 0.6 is 0 Å². The number of rotatable bonds is 7. The first-order valence-electron chi connectivity index (χ1n) is 11.0. The molecule has 32 heavy (non-hydrogen) atoms. The highest BCUT2D eigenvalue weighted by Crippen LogP contribution is 2.23. The number of carbonyl (C=O) groups excluding carboxylic acids is 1. The first-order chi connectivity index (χ1) is 15.0. The summed E-state index contributed by atoms with van der Waals surface area (Å²) in [5, 5.41) is 0.140. The van der Waals surface area contributed by atoms with Gasteiger partial charge in [-0.15, -0.1) is 0 Å². The number of aryl methyl sites for hydroxylation is 1. The molecular formula is C24H32N4O4. The lowest BCUT2D eigenvalue weighted by molar-refractivity contribution is 0.0677. The van der Waals surface area contributed by atoms with Crippen LogP contribution in [0.1, 0.15) is 75.0 Å². The van der Waals surface area contributed by atoms with Gasteiger partial charge in [-0.05, 0) is 50.8 Å². The van der Waals surface area contributed by atoms with Crippen LogP contribution in [0.4, 0.5) is 0 Å². The molecule has 3 aromatic rings. The average molecular weight is 441 g/mol. The summed E-state index contributed by atoms with van der Waals surface area (Å²) in [5.41, 5.74) is 0.0263. The Balaban J connectivity index is 2.26. The molecular weight excluding hydrogens is 408 g/mol. The maximum absolute atomic E-state index is 13.8. The zero-order chi connectivity index (χ0) is 23.7. The highest BCUT2D eigenvalue weighted by atomic mass is 16.3. The van der Waals surface area contributed by atoms with Crippen molar-refractivity contribution in [3.63, 3.8) is 0 Å². The van der Waals surface area contributed by atoms with Crippen LogP contribution in [0.15, 0.2) is 32.2 Å². The fourth-order valence-corrected chi connectivity index (χ4v) is 3.67. The van der Waals surface area contributed by atoms with E-state index in [-0.39, 0.29) is 46.9 Å². The monoisotopic (exact) mass is 440 g/mol. The Hall–Kier alpha value is -3.16. The summed E-state index contributed by atoms with van der Waals surface area (Å²) in [7, 11) is 0. The van der Waals surface area contributed by atoms with Gasteiger partial charge in [0, 0.05) is 18.3 Å². The third-order valence-corrected chi connectivity index (χ3v) is 5.34. The lowest BCUT2D eigenvalue weighted by atomic mass is 10.0. The van der Waals surface area contributed by atoms with Gasteiger partial charge in [0.15, 0.2) is 5.65 Å². The van der Waals surface area contributed by atoms with Gasteiger partial charge in [0.25, 0.3) is 11.5 Å². The van der Waals surface area contributed by atoms with E-state index < -0.39 is 11.2 Å². The van der Waals surface area contributed by atoms with E-state index >= 15 is 0 Å². The molecule has 0 radical (unpaired) electrons. The molecule has 0 spiro atoms. The van der Waals surface area contributed by atoms with Crippen LogP contribution in [0, 0.1) is 12.8 Å². The minimum Gasteiger partial charge on any atom is -0.464 e. The number of fused-ring (bicyclic) bond motifs is 1. The number of H-pyrrole nitrogens is 1. The molecule has 0 aromatic carbocycles. The minimum absolute atomic E-state index is 0.00747. The number of hydrogen-bond acceptors (Lipinski definition) is 5. The van der Waals surface area contributed by atoms with Crippen molar-refractivity contribution >= 4 is 16.9 Å². The Kier molecular flexibility index (Phi) is 6.71. The largest absolute Gasteiger partial charge is 0.464 e. The van der Waals surface area contributed by atoms with E-state index in [1.807, 2.05) is 60.6 Å². The molecule has 0 bridgehead atoms. The van der Waals surface area contributed by atoms with Gasteiger partial charge in [0.2, 0.25) is 0 Å². The van der Waals surface area contributed by atoms with E-state index in [0.717, 1.165) is 5.76 Å². The zero-order valence-electron chi connectivity index (χ0n) is 19.9. The quantitative estimate of drug-likeness (QED) is 0.602. The molecule has 3 rings (SSSR count). The number of amides is 1. The van der Waals surface area contributed by atoms with Gasteiger partial charge in [0.1, 0.15) is 11.5 Å². The van der Waals surface area contributed by atoms with Crippen molar-refractivity contribution in [2.24, 2.45) is 5.92 Å². The SMILES string of the molecule is Cc1ccc(CN(C(=O)c2cc(C(C)C)nc3c2c(=O)[nH]c(=O)n3CC(C)C)C(C)C)o1. The first kappa shape index (κ1) is 23.5. The molecule has 0 aliphatic heterocycles. The summed E-state index contributed by atoms with van der Waals surface area (Å²) in [6, 6.07) is 5.23. The van der Waals surface area contributed by atoms with Gasteiger partial charge in [0.05, 0.1) is 17.5 Å². The molecule has 8 heteroatoms. The van der Waals surface area contributed by atoms with Gasteiger partial charge in [-0.25, -0.2) is 9.78 Å². The third kappa shape index (κ3) is 4.69. The molecule has 3 heterocycles. The molecule has 0 saturated heterocycles. The van der Waals surface area contributed by atoms with E-state index in [2.05, 4.69) is 9.97 Å². The van der Waals surface area contributed by atoms with Gasteiger partial charge < -0.3 is 9.32 Å². The molecule has 1 amide bonds.